The molecule has 1 aliphatic rings. The van der Waals surface area contributed by atoms with Crippen LogP contribution in [-0.2, 0) is 24.4 Å². The molecule has 32 heavy (non-hydrogen) atoms. The Kier molecular flexibility index (Phi) is 7.56. The Morgan fingerprint density at radius 2 is 1.84 bits per heavy atom. The summed E-state index contributed by atoms with van der Waals surface area (Å²) in [6.07, 6.45) is -0.956. The summed E-state index contributed by atoms with van der Waals surface area (Å²) in [6, 6.07) is 5.99. The van der Waals surface area contributed by atoms with Crippen LogP contribution in [0.2, 0.25) is 0 Å². The molecule has 12 nitrogen and oxygen atoms in total. The third-order valence-corrected chi connectivity index (χ3v) is 6.67. The van der Waals surface area contributed by atoms with Crippen molar-refractivity contribution in [3.05, 3.63) is 46.6 Å². The Bertz CT molecular complexity index is 1190. The molecule has 0 saturated heterocycles. The predicted molar refractivity (Wildman–Crippen MR) is 112 cm³/mol. The van der Waals surface area contributed by atoms with Crippen molar-refractivity contribution in [2.24, 2.45) is 0 Å². The van der Waals surface area contributed by atoms with Gasteiger partial charge in [0.15, 0.2) is 22.7 Å². The number of likely N-dealkylation sites (N-methyl/N-ethyl adjacent to an activating group) is 1. The third-order valence-electron chi connectivity index (χ3n) is 4.03. The van der Waals surface area contributed by atoms with Crippen LogP contribution in [0.1, 0.15) is 16.9 Å². The molecule has 1 amide bonds. The molecule has 2 heterocycles. The standard InChI is InChI=1S/C14H13N3O4S2.C4H6O5/c1-8-7-15-14(22-8)16-13(19)11-12(18)9-5-3-4-6-10(9)23(20,21)17(11)2;5-2(4(8)9)1-3(6)7/h3-7,18H,1-2H3,(H,15,16,19);2,5H,1H2,(H,6,7)(H,8,9)/t;2-/m.0/s1. The molecule has 1 atom stereocenters. The molecule has 0 bridgehead atoms. The summed E-state index contributed by atoms with van der Waals surface area (Å²) in [4.78, 5) is 36.7. The van der Waals surface area contributed by atoms with Crippen LogP contribution in [0.5, 0.6) is 0 Å². The molecule has 0 saturated carbocycles. The zero-order valence-electron chi connectivity index (χ0n) is 16.7. The quantitative estimate of drug-likeness (QED) is 0.405. The number of hydrogen-bond acceptors (Lipinski definition) is 9. The van der Waals surface area contributed by atoms with Crippen molar-refractivity contribution >= 4 is 50.1 Å². The Morgan fingerprint density at radius 1 is 1.22 bits per heavy atom. The van der Waals surface area contributed by atoms with Gasteiger partial charge in [-0.25, -0.2) is 18.2 Å². The summed E-state index contributed by atoms with van der Waals surface area (Å²) in [5.41, 5.74) is -0.234. The lowest BCUT2D eigenvalue weighted by Gasteiger charge is -2.28. The first-order valence-electron chi connectivity index (χ1n) is 8.74. The number of nitrogens with zero attached hydrogens (tertiary/aromatic N) is 2. The first-order chi connectivity index (χ1) is 14.9. The minimum atomic E-state index is -3.90. The largest absolute Gasteiger partial charge is 0.505 e. The fourth-order valence-electron chi connectivity index (χ4n) is 2.50. The van der Waals surface area contributed by atoms with Crippen molar-refractivity contribution in [1.29, 1.82) is 0 Å². The van der Waals surface area contributed by atoms with Gasteiger partial charge in [0.1, 0.15) is 0 Å². The highest BCUT2D eigenvalue weighted by atomic mass is 32.2. The maximum Gasteiger partial charge on any atom is 0.333 e. The van der Waals surface area contributed by atoms with E-state index in [1.54, 1.807) is 18.3 Å². The van der Waals surface area contributed by atoms with Crippen LogP contribution in [0.25, 0.3) is 5.76 Å². The number of nitrogens with one attached hydrogen (secondary N) is 1. The van der Waals surface area contributed by atoms with Crippen molar-refractivity contribution in [2.45, 2.75) is 24.3 Å². The summed E-state index contributed by atoms with van der Waals surface area (Å²) < 4.78 is 25.8. The van der Waals surface area contributed by atoms with Crippen molar-refractivity contribution in [2.75, 3.05) is 12.4 Å². The summed E-state index contributed by atoms with van der Waals surface area (Å²) >= 11 is 1.25. The van der Waals surface area contributed by atoms with Crippen LogP contribution in [-0.4, -0.2) is 69.1 Å². The number of carbonyl (C=O) groups is 3. The SMILES string of the molecule is Cc1cnc(NC(=O)C2=C(O)c3ccccc3S(=O)(=O)N2C)s1.O=C(O)C[C@H](O)C(=O)O. The van der Waals surface area contributed by atoms with Gasteiger partial charge in [0.25, 0.3) is 15.9 Å². The van der Waals surface area contributed by atoms with Crippen LogP contribution >= 0.6 is 11.3 Å². The van der Waals surface area contributed by atoms with Crippen LogP contribution in [0.4, 0.5) is 5.13 Å². The number of amides is 1. The molecule has 0 radical (unpaired) electrons. The number of anilines is 1. The Labute approximate surface area is 186 Å². The Balaban J connectivity index is 0.000000344. The predicted octanol–water partition coefficient (Wildman–Crippen LogP) is 0.858. The fraction of sp³-hybridized carbons (Fsp3) is 0.222. The van der Waals surface area contributed by atoms with Crippen LogP contribution in [0.3, 0.4) is 0 Å². The lowest BCUT2D eigenvalue weighted by molar-refractivity contribution is -0.152. The second-order valence-corrected chi connectivity index (χ2v) is 9.52. The first-order valence-corrected chi connectivity index (χ1v) is 11.0. The maximum absolute atomic E-state index is 12.5. The van der Waals surface area contributed by atoms with Gasteiger partial charge in [0.05, 0.1) is 11.3 Å². The molecule has 2 aromatic rings. The molecule has 14 heteroatoms. The molecule has 1 aliphatic heterocycles. The van der Waals surface area contributed by atoms with Crippen molar-refractivity contribution in [3.8, 4) is 0 Å². The zero-order chi connectivity index (χ0) is 24.2. The number of aliphatic hydroxyl groups excluding tert-OH is 2. The summed E-state index contributed by atoms with van der Waals surface area (Å²) in [6.45, 7) is 1.83. The topological polar surface area (TPSA) is 194 Å². The van der Waals surface area contributed by atoms with Gasteiger partial charge in [-0.3, -0.25) is 19.2 Å². The number of aliphatic hydroxyl groups is 2. The van der Waals surface area contributed by atoms with Crippen LogP contribution in [0.15, 0.2) is 41.1 Å². The number of aromatic nitrogens is 1. The molecular formula is C18H19N3O9S2. The smallest absolute Gasteiger partial charge is 0.333 e. The molecule has 3 rings (SSSR count). The minimum Gasteiger partial charge on any atom is -0.505 e. The molecule has 5 N–H and O–H groups in total. The van der Waals surface area contributed by atoms with E-state index in [0.29, 0.717) is 5.13 Å². The van der Waals surface area contributed by atoms with E-state index in [1.165, 1.54) is 30.5 Å². The molecule has 172 valence electrons. The van der Waals surface area contributed by atoms with E-state index in [1.807, 2.05) is 6.92 Å². The average molecular weight is 485 g/mol. The van der Waals surface area contributed by atoms with Gasteiger partial charge < -0.3 is 20.4 Å². The van der Waals surface area contributed by atoms with E-state index in [0.717, 1.165) is 9.18 Å². The van der Waals surface area contributed by atoms with E-state index in [-0.39, 0.29) is 21.9 Å². The Morgan fingerprint density at radius 3 is 2.34 bits per heavy atom. The number of thiazole rings is 1. The van der Waals surface area contributed by atoms with Crippen molar-refractivity contribution < 1.29 is 43.2 Å². The van der Waals surface area contributed by atoms with Gasteiger partial charge in [-0.2, -0.15) is 0 Å². The van der Waals surface area contributed by atoms with Crippen molar-refractivity contribution in [1.82, 2.24) is 9.29 Å². The van der Waals surface area contributed by atoms with E-state index in [4.69, 9.17) is 15.3 Å². The number of carbonyl (C=O) groups excluding carboxylic acids is 1. The van der Waals surface area contributed by atoms with E-state index in [9.17, 15) is 27.9 Å². The summed E-state index contributed by atoms with van der Waals surface area (Å²) in [5.74, 6) is -3.97. The molecule has 0 unspecified atom stereocenters. The highest BCUT2D eigenvalue weighted by molar-refractivity contribution is 7.89. The number of hydrogen-bond donors (Lipinski definition) is 5. The van der Waals surface area contributed by atoms with Gasteiger partial charge in [-0.05, 0) is 19.1 Å². The number of sulfonamides is 1. The van der Waals surface area contributed by atoms with Crippen LogP contribution < -0.4 is 5.32 Å². The third kappa shape index (κ3) is 5.40. The van der Waals surface area contributed by atoms with Gasteiger partial charge in [-0.15, -0.1) is 11.3 Å². The first kappa shape index (κ1) is 24.8. The van der Waals surface area contributed by atoms with Gasteiger partial charge >= 0.3 is 11.9 Å². The highest BCUT2D eigenvalue weighted by Crippen LogP contribution is 2.34. The van der Waals surface area contributed by atoms with E-state index >= 15 is 0 Å². The van der Waals surface area contributed by atoms with Gasteiger partial charge in [-0.1, -0.05) is 12.1 Å². The highest BCUT2D eigenvalue weighted by Gasteiger charge is 2.37. The molecule has 0 spiro atoms. The number of aryl methyl sites for hydroxylation is 1. The molecule has 1 aromatic carbocycles. The molecule has 0 fully saturated rings. The minimum absolute atomic E-state index is 0.0401. The second kappa shape index (κ2) is 9.76. The van der Waals surface area contributed by atoms with Crippen molar-refractivity contribution in [3.63, 3.8) is 0 Å². The average Bonchev–Trinajstić information content (AvgIpc) is 3.11. The number of fused-ring (bicyclic) bond motifs is 1. The van der Waals surface area contributed by atoms with Gasteiger partial charge in [0.2, 0.25) is 0 Å². The van der Waals surface area contributed by atoms with E-state index < -0.39 is 40.4 Å². The number of rotatable bonds is 5. The lowest BCUT2D eigenvalue weighted by Crippen LogP contribution is -2.37. The van der Waals surface area contributed by atoms with Crippen LogP contribution in [0, 0.1) is 6.92 Å². The fourth-order valence-corrected chi connectivity index (χ4v) is 4.56. The number of carboxylic acid groups (broad SMARTS) is 2. The number of carboxylic acids is 2. The molecule has 1 aromatic heterocycles. The second-order valence-electron chi connectivity index (χ2n) is 6.35. The van der Waals surface area contributed by atoms with E-state index in [2.05, 4.69) is 10.3 Å². The maximum atomic E-state index is 12.5. The number of benzene rings is 1. The number of aliphatic carboxylic acids is 2. The normalized spacial score (nSPS) is 15.2. The Hall–Kier alpha value is -3.49. The van der Waals surface area contributed by atoms with Gasteiger partial charge in [0, 0.05) is 23.7 Å². The summed E-state index contributed by atoms with van der Waals surface area (Å²) in [7, 11) is -2.67. The lowest BCUT2D eigenvalue weighted by atomic mass is 10.1. The molecular weight excluding hydrogens is 466 g/mol. The zero-order valence-corrected chi connectivity index (χ0v) is 18.3. The summed E-state index contributed by atoms with van der Waals surface area (Å²) in [5, 5.41) is 37.4. The molecule has 0 aliphatic carbocycles. The monoisotopic (exact) mass is 485 g/mol.